The second kappa shape index (κ2) is 4.23. The zero-order valence-electron chi connectivity index (χ0n) is 9.05. The number of carbonyl (C=O) groups excluding carboxylic acids is 1. The monoisotopic (exact) mass is 183 g/mol. The number of nitrogens with zero attached hydrogens (tertiary/aromatic N) is 1. The van der Waals surface area contributed by atoms with Crippen LogP contribution in [0.4, 0.5) is 0 Å². The number of hydrogen-bond acceptors (Lipinski definition) is 2. The summed E-state index contributed by atoms with van der Waals surface area (Å²) in [7, 11) is 2.05. The van der Waals surface area contributed by atoms with Gasteiger partial charge in [-0.15, -0.1) is 0 Å². The predicted molar refractivity (Wildman–Crippen MR) is 54.7 cm³/mol. The summed E-state index contributed by atoms with van der Waals surface area (Å²) < 4.78 is 0. The van der Waals surface area contributed by atoms with E-state index in [2.05, 4.69) is 25.8 Å². The van der Waals surface area contributed by atoms with Crippen molar-refractivity contribution in [2.24, 2.45) is 5.41 Å². The van der Waals surface area contributed by atoms with E-state index in [1.807, 2.05) is 0 Å². The van der Waals surface area contributed by atoms with Crippen LogP contribution in [0.1, 0.15) is 39.5 Å². The number of aldehydes is 1. The van der Waals surface area contributed by atoms with E-state index in [0.29, 0.717) is 18.0 Å². The van der Waals surface area contributed by atoms with Crippen LogP contribution < -0.4 is 0 Å². The fourth-order valence-electron chi connectivity index (χ4n) is 2.09. The first-order chi connectivity index (χ1) is 6.05. The fourth-order valence-corrected chi connectivity index (χ4v) is 2.09. The van der Waals surface area contributed by atoms with Gasteiger partial charge in [-0.1, -0.05) is 13.8 Å². The average Bonchev–Trinajstić information content (AvgIpc) is 2.04. The van der Waals surface area contributed by atoms with E-state index >= 15 is 0 Å². The van der Waals surface area contributed by atoms with Gasteiger partial charge in [-0.25, -0.2) is 0 Å². The molecule has 0 amide bonds. The molecule has 1 fully saturated rings. The first-order valence-electron chi connectivity index (χ1n) is 5.19. The highest BCUT2D eigenvalue weighted by molar-refractivity contribution is 5.51. The maximum absolute atomic E-state index is 10.3. The summed E-state index contributed by atoms with van der Waals surface area (Å²) in [5, 5.41) is 0. The van der Waals surface area contributed by atoms with Gasteiger partial charge in [0, 0.05) is 6.04 Å². The third-order valence-corrected chi connectivity index (χ3v) is 3.29. The van der Waals surface area contributed by atoms with Gasteiger partial charge in [-0.3, -0.25) is 4.90 Å². The Morgan fingerprint density at radius 3 is 2.38 bits per heavy atom. The Morgan fingerprint density at radius 1 is 1.38 bits per heavy atom. The Kier molecular flexibility index (Phi) is 3.48. The molecule has 0 aromatic carbocycles. The van der Waals surface area contributed by atoms with E-state index in [4.69, 9.17) is 0 Å². The lowest BCUT2D eigenvalue weighted by Crippen LogP contribution is -2.38. The fraction of sp³-hybridized carbons (Fsp3) is 0.909. The Bertz CT molecular complexity index is 167. The Hall–Kier alpha value is -0.370. The van der Waals surface area contributed by atoms with E-state index in [1.165, 1.54) is 25.7 Å². The third kappa shape index (κ3) is 3.11. The SMILES string of the molecule is CN(CC=O)C1CCC(C)(C)CC1. The van der Waals surface area contributed by atoms with Crippen LogP contribution in [0.15, 0.2) is 0 Å². The van der Waals surface area contributed by atoms with E-state index in [1.54, 1.807) is 0 Å². The highest BCUT2D eigenvalue weighted by Crippen LogP contribution is 2.36. The number of hydrogen-bond donors (Lipinski definition) is 0. The topological polar surface area (TPSA) is 20.3 Å². The van der Waals surface area contributed by atoms with Gasteiger partial charge in [-0.2, -0.15) is 0 Å². The molecule has 0 radical (unpaired) electrons. The second-order valence-electron chi connectivity index (χ2n) is 5.00. The molecular formula is C11H21NO. The highest BCUT2D eigenvalue weighted by Gasteiger charge is 2.28. The van der Waals surface area contributed by atoms with Crippen LogP contribution in [-0.2, 0) is 4.79 Å². The summed E-state index contributed by atoms with van der Waals surface area (Å²) in [6.07, 6.45) is 6.08. The molecule has 2 heteroatoms. The van der Waals surface area contributed by atoms with Gasteiger partial charge in [0.2, 0.25) is 0 Å². The van der Waals surface area contributed by atoms with Crippen LogP contribution in [0, 0.1) is 5.41 Å². The Morgan fingerprint density at radius 2 is 1.92 bits per heavy atom. The molecule has 1 rings (SSSR count). The quantitative estimate of drug-likeness (QED) is 0.624. The summed E-state index contributed by atoms with van der Waals surface area (Å²) in [5.74, 6) is 0. The van der Waals surface area contributed by atoms with Crippen LogP contribution in [0.2, 0.25) is 0 Å². The average molecular weight is 183 g/mol. The molecule has 0 aromatic rings. The van der Waals surface area contributed by atoms with Gasteiger partial charge in [0.1, 0.15) is 6.29 Å². The molecule has 1 aliphatic rings. The van der Waals surface area contributed by atoms with Crippen LogP contribution in [0.3, 0.4) is 0 Å². The minimum Gasteiger partial charge on any atom is -0.302 e. The lowest BCUT2D eigenvalue weighted by atomic mass is 9.75. The van der Waals surface area contributed by atoms with Gasteiger partial charge < -0.3 is 4.79 Å². The van der Waals surface area contributed by atoms with Crippen LogP contribution in [0.25, 0.3) is 0 Å². The third-order valence-electron chi connectivity index (χ3n) is 3.29. The van der Waals surface area contributed by atoms with E-state index in [-0.39, 0.29) is 0 Å². The predicted octanol–water partition coefficient (Wildman–Crippen LogP) is 2.09. The summed E-state index contributed by atoms with van der Waals surface area (Å²) in [6.45, 7) is 5.26. The first-order valence-corrected chi connectivity index (χ1v) is 5.19. The Balaban J connectivity index is 2.36. The van der Waals surface area contributed by atoms with Crippen molar-refractivity contribution < 1.29 is 4.79 Å². The molecule has 0 unspecified atom stereocenters. The van der Waals surface area contributed by atoms with Crippen LogP contribution >= 0.6 is 0 Å². The standard InChI is InChI=1S/C11H21NO/c1-11(2)6-4-10(5-7-11)12(3)8-9-13/h9-10H,4-8H2,1-3H3. The van der Waals surface area contributed by atoms with Crippen molar-refractivity contribution in [3.05, 3.63) is 0 Å². The molecule has 0 N–H and O–H groups in total. The minimum atomic E-state index is 0.526. The van der Waals surface area contributed by atoms with E-state index < -0.39 is 0 Å². The van der Waals surface area contributed by atoms with Gasteiger partial charge in [0.05, 0.1) is 6.54 Å². The maximum Gasteiger partial charge on any atom is 0.133 e. The molecule has 2 nitrogen and oxygen atoms in total. The normalized spacial score (nSPS) is 23.4. The smallest absolute Gasteiger partial charge is 0.133 e. The van der Waals surface area contributed by atoms with Gasteiger partial charge in [0.15, 0.2) is 0 Å². The van der Waals surface area contributed by atoms with Crippen LogP contribution in [0.5, 0.6) is 0 Å². The van der Waals surface area contributed by atoms with Crippen molar-refractivity contribution in [3.63, 3.8) is 0 Å². The molecule has 1 saturated carbocycles. The molecule has 0 atom stereocenters. The second-order valence-corrected chi connectivity index (χ2v) is 5.00. The Labute approximate surface area is 81.3 Å². The van der Waals surface area contributed by atoms with Crippen LogP contribution in [-0.4, -0.2) is 30.8 Å². The zero-order valence-corrected chi connectivity index (χ0v) is 9.05. The maximum atomic E-state index is 10.3. The zero-order chi connectivity index (χ0) is 9.90. The summed E-state index contributed by atoms with van der Waals surface area (Å²) in [5.41, 5.74) is 0.526. The summed E-state index contributed by atoms with van der Waals surface area (Å²) in [6, 6.07) is 0.637. The minimum absolute atomic E-state index is 0.526. The molecular weight excluding hydrogens is 162 g/mol. The molecule has 0 heterocycles. The molecule has 0 spiro atoms. The molecule has 76 valence electrons. The van der Waals surface area contributed by atoms with Gasteiger partial charge in [0.25, 0.3) is 0 Å². The van der Waals surface area contributed by atoms with Crippen molar-refractivity contribution >= 4 is 6.29 Å². The van der Waals surface area contributed by atoms with E-state index in [9.17, 15) is 4.79 Å². The molecule has 0 saturated heterocycles. The summed E-state index contributed by atoms with van der Waals surface area (Å²) in [4.78, 5) is 12.5. The highest BCUT2D eigenvalue weighted by atomic mass is 16.1. The van der Waals surface area contributed by atoms with Crippen molar-refractivity contribution in [1.29, 1.82) is 0 Å². The first kappa shape index (κ1) is 10.7. The van der Waals surface area contributed by atoms with Crippen molar-refractivity contribution in [3.8, 4) is 0 Å². The summed E-state index contributed by atoms with van der Waals surface area (Å²) >= 11 is 0. The van der Waals surface area contributed by atoms with Gasteiger partial charge in [-0.05, 0) is 38.1 Å². The van der Waals surface area contributed by atoms with Crippen molar-refractivity contribution in [1.82, 2.24) is 4.90 Å². The molecule has 0 aromatic heterocycles. The van der Waals surface area contributed by atoms with Crippen molar-refractivity contribution in [2.45, 2.75) is 45.6 Å². The molecule has 0 bridgehead atoms. The van der Waals surface area contributed by atoms with Gasteiger partial charge >= 0.3 is 0 Å². The number of likely N-dealkylation sites (N-methyl/N-ethyl adjacent to an activating group) is 1. The number of carbonyl (C=O) groups is 1. The van der Waals surface area contributed by atoms with Crippen molar-refractivity contribution in [2.75, 3.05) is 13.6 Å². The number of rotatable bonds is 3. The lowest BCUT2D eigenvalue weighted by molar-refractivity contribution is -0.109. The largest absolute Gasteiger partial charge is 0.302 e. The van der Waals surface area contributed by atoms with E-state index in [0.717, 1.165) is 6.29 Å². The molecule has 0 aliphatic heterocycles. The molecule has 1 aliphatic carbocycles. The lowest BCUT2D eigenvalue weighted by Gasteiger charge is -2.38. The molecule has 13 heavy (non-hydrogen) atoms.